The van der Waals surface area contributed by atoms with Crippen molar-refractivity contribution in [1.82, 2.24) is 0 Å². The summed E-state index contributed by atoms with van der Waals surface area (Å²) in [5.74, 6) is 2.25. The number of ketones is 1. The van der Waals surface area contributed by atoms with Crippen molar-refractivity contribution in [1.29, 1.82) is 0 Å². The molecule has 0 bridgehead atoms. The molecule has 4 saturated carbocycles. The largest absolute Gasteiger partial charge is 0.469 e. The molecule has 4 heteroatoms. The molecule has 0 amide bonds. The molecule has 156 valence electrons. The van der Waals surface area contributed by atoms with Gasteiger partial charge in [0.25, 0.3) is 0 Å². The van der Waals surface area contributed by atoms with Crippen molar-refractivity contribution in [3.8, 4) is 0 Å². The molecule has 0 saturated heterocycles. The predicted octanol–water partition coefficient (Wildman–Crippen LogP) is 4.45. The van der Waals surface area contributed by atoms with Gasteiger partial charge >= 0.3 is 5.97 Å². The monoisotopic (exact) mass is 388 g/mol. The summed E-state index contributed by atoms with van der Waals surface area (Å²) in [4.78, 5) is 23.9. The summed E-state index contributed by atoms with van der Waals surface area (Å²) in [6, 6.07) is 0. The lowest BCUT2D eigenvalue weighted by molar-refractivity contribution is -0.155. The van der Waals surface area contributed by atoms with Crippen molar-refractivity contribution < 1.29 is 19.4 Å². The number of fused-ring (bicyclic) bond motifs is 5. The number of rotatable bonds is 3. The van der Waals surface area contributed by atoms with Gasteiger partial charge in [0.2, 0.25) is 0 Å². The molecule has 4 rings (SSSR count). The maximum atomic E-state index is 12.6. The molecule has 0 aromatic rings. The number of allylic oxidation sites excluding steroid dienone is 2. The van der Waals surface area contributed by atoms with Gasteiger partial charge in [-0.05, 0) is 80.5 Å². The zero-order chi connectivity index (χ0) is 20.1. The first-order chi connectivity index (χ1) is 13.3. The molecule has 0 radical (unpaired) electrons. The van der Waals surface area contributed by atoms with Crippen LogP contribution in [0.1, 0.15) is 78.1 Å². The van der Waals surface area contributed by atoms with Gasteiger partial charge in [0, 0.05) is 18.3 Å². The van der Waals surface area contributed by atoms with Crippen LogP contribution in [0.3, 0.4) is 0 Å². The Labute approximate surface area is 169 Å². The SMILES string of the molecule is COC(=O)CC/C=C1\CC[C@]2(C)C3CC[C@]4(C)C(=O)CCC4C3C[C@H](O)C2C1. The molecule has 0 heterocycles. The number of ether oxygens (including phenoxy) is 1. The zero-order valence-corrected chi connectivity index (χ0v) is 17.7. The second-order valence-corrected chi connectivity index (χ2v) is 10.4. The molecule has 4 unspecified atom stereocenters. The molecule has 4 nitrogen and oxygen atoms in total. The second-order valence-electron chi connectivity index (χ2n) is 10.4. The minimum atomic E-state index is -0.270. The van der Waals surface area contributed by atoms with E-state index in [4.69, 9.17) is 4.74 Å². The van der Waals surface area contributed by atoms with E-state index in [9.17, 15) is 14.7 Å². The summed E-state index contributed by atoms with van der Waals surface area (Å²) in [6.07, 6.45) is 11.1. The minimum Gasteiger partial charge on any atom is -0.469 e. The van der Waals surface area contributed by atoms with Crippen molar-refractivity contribution >= 4 is 11.8 Å². The Balaban J connectivity index is 1.50. The van der Waals surface area contributed by atoms with Crippen LogP contribution >= 0.6 is 0 Å². The van der Waals surface area contributed by atoms with Gasteiger partial charge in [0.1, 0.15) is 5.78 Å². The highest BCUT2D eigenvalue weighted by molar-refractivity contribution is 5.87. The number of hydrogen-bond donors (Lipinski definition) is 1. The van der Waals surface area contributed by atoms with E-state index in [1.165, 1.54) is 12.7 Å². The highest BCUT2D eigenvalue weighted by atomic mass is 16.5. The van der Waals surface area contributed by atoms with Crippen molar-refractivity contribution in [2.45, 2.75) is 84.2 Å². The fraction of sp³-hybridized carbons (Fsp3) is 0.833. The third-order valence-corrected chi connectivity index (χ3v) is 9.29. The highest BCUT2D eigenvalue weighted by Gasteiger charge is 2.61. The van der Waals surface area contributed by atoms with Crippen molar-refractivity contribution in [2.75, 3.05) is 7.11 Å². The van der Waals surface area contributed by atoms with Crippen LogP contribution < -0.4 is 0 Å². The third kappa shape index (κ3) is 3.07. The summed E-state index contributed by atoms with van der Waals surface area (Å²) in [7, 11) is 1.43. The van der Waals surface area contributed by atoms with Gasteiger partial charge in [-0.3, -0.25) is 9.59 Å². The van der Waals surface area contributed by atoms with Crippen LogP contribution in [0, 0.1) is 34.5 Å². The number of carbonyl (C=O) groups is 2. The van der Waals surface area contributed by atoms with Crippen LogP contribution in [-0.2, 0) is 14.3 Å². The Bertz CT molecular complexity index is 682. The maximum Gasteiger partial charge on any atom is 0.305 e. The average Bonchev–Trinajstić information content (AvgIpc) is 2.97. The number of aliphatic hydroxyl groups excluding tert-OH is 1. The van der Waals surface area contributed by atoms with E-state index in [1.54, 1.807) is 0 Å². The van der Waals surface area contributed by atoms with Crippen LogP contribution in [0.4, 0.5) is 0 Å². The number of aliphatic hydroxyl groups is 1. The average molecular weight is 389 g/mol. The fourth-order valence-electron chi connectivity index (χ4n) is 7.60. The first kappa shape index (κ1) is 20.1. The Hall–Kier alpha value is -1.16. The molecule has 0 aliphatic heterocycles. The topological polar surface area (TPSA) is 63.6 Å². The van der Waals surface area contributed by atoms with Gasteiger partial charge in [-0.25, -0.2) is 0 Å². The zero-order valence-electron chi connectivity index (χ0n) is 17.7. The van der Waals surface area contributed by atoms with Gasteiger partial charge in [0.05, 0.1) is 13.2 Å². The molecule has 28 heavy (non-hydrogen) atoms. The molecule has 0 aromatic heterocycles. The van der Waals surface area contributed by atoms with Crippen LogP contribution in [0.5, 0.6) is 0 Å². The van der Waals surface area contributed by atoms with Crippen molar-refractivity contribution in [3.63, 3.8) is 0 Å². The first-order valence-corrected chi connectivity index (χ1v) is 11.3. The Morgan fingerprint density at radius 3 is 2.71 bits per heavy atom. The maximum absolute atomic E-state index is 12.6. The summed E-state index contributed by atoms with van der Waals surface area (Å²) in [5.41, 5.74) is 1.45. The van der Waals surface area contributed by atoms with Crippen LogP contribution in [-0.4, -0.2) is 30.1 Å². The third-order valence-electron chi connectivity index (χ3n) is 9.29. The molecule has 0 aromatic carbocycles. The molecule has 1 N–H and O–H groups in total. The number of hydrogen-bond acceptors (Lipinski definition) is 4. The Kier molecular flexibility index (Phi) is 5.22. The van der Waals surface area contributed by atoms with Crippen LogP contribution in [0.2, 0.25) is 0 Å². The number of Topliss-reactive ketones (excluding diaryl/α,β-unsaturated/α-hetero) is 1. The second kappa shape index (κ2) is 7.27. The van der Waals surface area contributed by atoms with Gasteiger partial charge < -0.3 is 9.84 Å². The van der Waals surface area contributed by atoms with Crippen LogP contribution in [0.25, 0.3) is 0 Å². The Morgan fingerprint density at radius 1 is 1.18 bits per heavy atom. The van der Waals surface area contributed by atoms with E-state index in [0.717, 1.165) is 57.8 Å². The lowest BCUT2D eigenvalue weighted by Gasteiger charge is -2.61. The normalized spacial score (nSPS) is 46.6. The van der Waals surface area contributed by atoms with Gasteiger partial charge in [-0.2, -0.15) is 0 Å². The van der Waals surface area contributed by atoms with Crippen LogP contribution in [0.15, 0.2) is 11.6 Å². The van der Waals surface area contributed by atoms with Gasteiger partial charge in [0.15, 0.2) is 0 Å². The van der Waals surface area contributed by atoms with Gasteiger partial charge in [-0.1, -0.05) is 25.5 Å². The fourth-order valence-corrected chi connectivity index (χ4v) is 7.60. The molecule has 4 aliphatic carbocycles. The minimum absolute atomic E-state index is 0.127. The summed E-state index contributed by atoms with van der Waals surface area (Å²) >= 11 is 0. The lowest BCUT2D eigenvalue weighted by Crippen LogP contribution is -2.57. The van der Waals surface area contributed by atoms with Gasteiger partial charge in [-0.15, -0.1) is 0 Å². The summed E-state index contributed by atoms with van der Waals surface area (Å²) in [6.45, 7) is 4.62. The van der Waals surface area contributed by atoms with E-state index in [-0.39, 0.29) is 22.9 Å². The number of carbonyl (C=O) groups excluding carboxylic acids is 2. The van der Waals surface area contributed by atoms with E-state index in [2.05, 4.69) is 19.9 Å². The standard InChI is InChI=1S/C24H36O4/c1-23-11-9-15(5-4-6-22(27)28-3)13-19(23)20(25)14-16-17-7-8-21(26)24(17,2)12-10-18(16)23/h5,16-20,25H,4,6-14H2,1-3H3/b15-5+/t16?,17?,18?,19?,20-,23+,24-/m0/s1. The summed E-state index contributed by atoms with van der Waals surface area (Å²) < 4.78 is 4.74. The number of methoxy groups -OCH3 is 1. The van der Waals surface area contributed by atoms with Crippen molar-refractivity contribution in [2.24, 2.45) is 34.5 Å². The smallest absolute Gasteiger partial charge is 0.305 e. The molecule has 4 aliphatic rings. The molecular formula is C24H36O4. The first-order valence-electron chi connectivity index (χ1n) is 11.3. The van der Waals surface area contributed by atoms with Crippen molar-refractivity contribution in [3.05, 3.63) is 11.6 Å². The molecule has 7 atom stereocenters. The highest BCUT2D eigenvalue weighted by Crippen LogP contribution is 2.65. The molecule has 4 fully saturated rings. The van der Waals surface area contributed by atoms with E-state index in [1.807, 2.05) is 0 Å². The number of esters is 1. The van der Waals surface area contributed by atoms with E-state index >= 15 is 0 Å². The predicted molar refractivity (Wildman–Crippen MR) is 107 cm³/mol. The molecular weight excluding hydrogens is 352 g/mol. The summed E-state index contributed by atoms with van der Waals surface area (Å²) in [5, 5.41) is 11.2. The van der Waals surface area contributed by atoms with E-state index < -0.39 is 0 Å². The molecule has 0 spiro atoms. The van der Waals surface area contributed by atoms with E-state index in [0.29, 0.717) is 35.9 Å². The quantitative estimate of drug-likeness (QED) is 0.573. The Morgan fingerprint density at radius 2 is 1.96 bits per heavy atom. The lowest BCUT2D eigenvalue weighted by atomic mass is 9.44.